The standard InChI is InChI=1S/C18H21FN2O3S/c19-16-6-8-17(9-7-16)25(23,24)21-12-10-20(11-13-21)14-18(22)15-4-2-1-3-5-15/h1-9,18,22H,10-14H2/t18-/m1/s1. The van der Waals surface area contributed by atoms with E-state index in [-0.39, 0.29) is 4.90 Å². The number of piperazine rings is 1. The van der Waals surface area contributed by atoms with Crippen LogP contribution in [0.4, 0.5) is 4.39 Å². The highest BCUT2D eigenvalue weighted by Gasteiger charge is 2.29. The van der Waals surface area contributed by atoms with Crippen LogP contribution in [0.25, 0.3) is 0 Å². The van der Waals surface area contributed by atoms with Crippen LogP contribution in [0, 0.1) is 5.82 Å². The summed E-state index contributed by atoms with van der Waals surface area (Å²) in [4.78, 5) is 2.15. The van der Waals surface area contributed by atoms with Crippen molar-refractivity contribution in [3.63, 3.8) is 0 Å². The molecular weight excluding hydrogens is 343 g/mol. The lowest BCUT2D eigenvalue weighted by molar-refractivity contribution is 0.0921. The molecule has 134 valence electrons. The molecule has 0 amide bonds. The van der Waals surface area contributed by atoms with Crippen LogP contribution in [0.1, 0.15) is 11.7 Å². The van der Waals surface area contributed by atoms with Gasteiger partial charge in [-0.1, -0.05) is 30.3 Å². The van der Waals surface area contributed by atoms with Gasteiger partial charge in [-0.15, -0.1) is 0 Å². The largest absolute Gasteiger partial charge is 0.387 e. The average molecular weight is 364 g/mol. The predicted octanol–water partition coefficient (Wildman–Crippen LogP) is 1.87. The summed E-state index contributed by atoms with van der Waals surface area (Å²) < 4.78 is 39.6. The van der Waals surface area contributed by atoms with Gasteiger partial charge in [0.2, 0.25) is 10.0 Å². The first-order chi connectivity index (χ1) is 12.0. The molecule has 7 heteroatoms. The van der Waals surface area contributed by atoms with Crippen LogP contribution in [0.3, 0.4) is 0 Å². The minimum Gasteiger partial charge on any atom is -0.387 e. The van der Waals surface area contributed by atoms with Gasteiger partial charge in [0.15, 0.2) is 0 Å². The van der Waals surface area contributed by atoms with Crippen molar-refractivity contribution in [1.29, 1.82) is 0 Å². The van der Waals surface area contributed by atoms with Crippen LogP contribution in [0.2, 0.25) is 0 Å². The second-order valence-corrected chi connectivity index (χ2v) is 8.02. The molecule has 0 aliphatic carbocycles. The Morgan fingerprint density at radius 1 is 0.960 bits per heavy atom. The van der Waals surface area contributed by atoms with Gasteiger partial charge in [-0.05, 0) is 29.8 Å². The smallest absolute Gasteiger partial charge is 0.243 e. The first-order valence-corrected chi connectivity index (χ1v) is 9.62. The Labute approximate surface area is 147 Å². The van der Waals surface area contributed by atoms with Crippen LogP contribution in [-0.2, 0) is 10.0 Å². The molecule has 0 saturated carbocycles. The maximum Gasteiger partial charge on any atom is 0.243 e. The zero-order valence-corrected chi connectivity index (χ0v) is 14.6. The molecule has 0 spiro atoms. The molecule has 25 heavy (non-hydrogen) atoms. The molecule has 1 saturated heterocycles. The Bertz CT molecular complexity index is 789. The summed E-state index contributed by atoms with van der Waals surface area (Å²) in [6.45, 7) is 2.26. The maximum absolute atomic E-state index is 13.0. The van der Waals surface area contributed by atoms with E-state index < -0.39 is 21.9 Å². The zero-order chi connectivity index (χ0) is 17.9. The summed E-state index contributed by atoms with van der Waals surface area (Å²) in [7, 11) is -3.61. The minimum atomic E-state index is -3.61. The van der Waals surface area contributed by atoms with E-state index in [1.54, 1.807) is 0 Å². The number of nitrogens with zero attached hydrogens (tertiary/aromatic N) is 2. The molecule has 1 aliphatic heterocycles. The maximum atomic E-state index is 13.0. The van der Waals surface area contributed by atoms with Gasteiger partial charge in [0.25, 0.3) is 0 Å². The topological polar surface area (TPSA) is 60.9 Å². The zero-order valence-electron chi connectivity index (χ0n) is 13.8. The molecule has 0 bridgehead atoms. The van der Waals surface area contributed by atoms with Crippen molar-refractivity contribution in [2.75, 3.05) is 32.7 Å². The number of halogens is 1. The van der Waals surface area contributed by atoms with Gasteiger partial charge < -0.3 is 5.11 Å². The SMILES string of the molecule is O=S(=O)(c1ccc(F)cc1)N1CCN(C[C@@H](O)c2ccccc2)CC1. The number of sulfonamides is 1. The molecular formula is C18H21FN2O3S. The lowest BCUT2D eigenvalue weighted by atomic mass is 10.1. The van der Waals surface area contributed by atoms with Gasteiger partial charge in [0, 0.05) is 32.7 Å². The number of β-amino-alcohol motifs (C(OH)–C–C–N with tert-alkyl or cyclic N) is 1. The normalized spacial score (nSPS) is 18.2. The summed E-state index contributed by atoms with van der Waals surface area (Å²) in [5.41, 5.74) is 0.851. The molecule has 0 aromatic heterocycles. The van der Waals surface area contributed by atoms with Crippen LogP contribution in [0.5, 0.6) is 0 Å². The summed E-state index contributed by atoms with van der Waals surface area (Å²) >= 11 is 0. The molecule has 1 fully saturated rings. The van der Waals surface area contributed by atoms with Crippen molar-refractivity contribution in [3.05, 3.63) is 66.0 Å². The third kappa shape index (κ3) is 4.24. The highest BCUT2D eigenvalue weighted by Crippen LogP contribution is 2.20. The summed E-state index contributed by atoms with van der Waals surface area (Å²) in [6, 6.07) is 14.3. The van der Waals surface area contributed by atoms with Crippen LogP contribution in [0.15, 0.2) is 59.5 Å². The fourth-order valence-electron chi connectivity index (χ4n) is 2.93. The Hall–Kier alpha value is -1.80. The first-order valence-electron chi connectivity index (χ1n) is 8.18. The predicted molar refractivity (Wildman–Crippen MR) is 93.0 cm³/mol. The number of rotatable bonds is 5. The lowest BCUT2D eigenvalue weighted by Gasteiger charge is -2.35. The lowest BCUT2D eigenvalue weighted by Crippen LogP contribution is -2.49. The molecule has 5 nitrogen and oxygen atoms in total. The second-order valence-electron chi connectivity index (χ2n) is 6.09. The number of benzene rings is 2. The van der Waals surface area contributed by atoms with E-state index in [4.69, 9.17) is 0 Å². The number of hydrogen-bond donors (Lipinski definition) is 1. The molecule has 2 aromatic rings. The van der Waals surface area contributed by atoms with Crippen molar-refractivity contribution >= 4 is 10.0 Å². The monoisotopic (exact) mass is 364 g/mol. The Balaban J connectivity index is 1.59. The van der Waals surface area contributed by atoms with Crippen molar-refractivity contribution in [2.45, 2.75) is 11.0 Å². The Morgan fingerprint density at radius 2 is 1.56 bits per heavy atom. The van der Waals surface area contributed by atoms with Crippen molar-refractivity contribution < 1.29 is 17.9 Å². The van der Waals surface area contributed by atoms with Gasteiger partial charge in [-0.3, -0.25) is 4.90 Å². The number of aliphatic hydroxyl groups is 1. The first kappa shape index (κ1) is 18.0. The van der Waals surface area contributed by atoms with Gasteiger partial charge in [-0.2, -0.15) is 4.31 Å². The molecule has 0 unspecified atom stereocenters. The minimum absolute atomic E-state index is 0.103. The molecule has 1 N–H and O–H groups in total. The van der Waals surface area contributed by atoms with E-state index in [9.17, 15) is 17.9 Å². The van der Waals surface area contributed by atoms with Gasteiger partial charge in [0.1, 0.15) is 5.82 Å². The van der Waals surface area contributed by atoms with Crippen molar-refractivity contribution in [1.82, 2.24) is 9.21 Å². The summed E-state index contributed by atoms with van der Waals surface area (Å²) in [5.74, 6) is -0.460. The van der Waals surface area contributed by atoms with Gasteiger partial charge in [0.05, 0.1) is 11.0 Å². The van der Waals surface area contributed by atoms with E-state index in [0.717, 1.165) is 17.7 Å². The van der Waals surface area contributed by atoms with E-state index in [1.807, 2.05) is 35.2 Å². The number of hydrogen-bond acceptors (Lipinski definition) is 4. The van der Waals surface area contributed by atoms with Crippen molar-refractivity contribution in [2.24, 2.45) is 0 Å². The fraction of sp³-hybridized carbons (Fsp3) is 0.333. The van der Waals surface area contributed by atoms with E-state index in [1.165, 1.54) is 16.4 Å². The molecule has 1 aliphatic rings. The van der Waals surface area contributed by atoms with E-state index in [2.05, 4.69) is 0 Å². The summed E-state index contributed by atoms with van der Waals surface area (Å²) in [5, 5.41) is 10.3. The third-order valence-electron chi connectivity index (χ3n) is 4.40. The fourth-order valence-corrected chi connectivity index (χ4v) is 4.36. The van der Waals surface area contributed by atoms with E-state index >= 15 is 0 Å². The average Bonchev–Trinajstić information content (AvgIpc) is 2.63. The third-order valence-corrected chi connectivity index (χ3v) is 6.31. The van der Waals surface area contributed by atoms with Crippen LogP contribution < -0.4 is 0 Å². The van der Waals surface area contributed by atoms with E-state index in [0.29, 0.717) is 32.7 Å². The Morgan fingerprint density at radius 3 is 2.16 bits per heavy atom. The number of aliphatic hydroxyl groups excluding tert-OH is 1. The molecule has 1 atom stereocenters. The molecule has 2 aromatic carbocycles. The quantitative estimate of drug-likeness (QED) is 0.880. The summed E-state index contributed by atoms with van der Waals surface area (Å²) in [6.07, 6.45) is -0.596. The second kappa shape index (κ2) is 7.61. The van der Waals surface area contributed by atoms with Gasteiger partial charge in [-0.25, -0.2) is 12.8 Å². The van der Waals surface area contributed by atoms with Crippen LogP contribution in [-0.4, -0.2) is 55.5 Å². The molecule has 0 radical (unpaired) electrons. The molecule has 3 rings (SSSR count). The Kier molecular flexibility index (Phi) is 5.48. The molecule has 1 heterocycles. The highest BCUT2D eigenvalue weighted by molar-refractivity contribution is 7.89. The van der Waals surface area contributed by atoms with Gasteiger partial charge >= 0.3 is 0 Å². The van der Waals surface area contributed by atoms with Crippen molar-refractivity contribution in [3.8, 4) is 0 Å². The highest BCUT2D eigenvalue weighted by atomic mass is 32.2. The van der Waals surface area contributed by atoms with Crippen LogP contribution >= 0.6 is 0 Å².